The van der Waals surface area contributed by atoms with Crippen molar-refractivity contribution in [1.82, 2.24) is 0 Å². The lowest BCUT2D eigenvalue weighted by molar-refractivity contribution is 0.659. The van der Waals surface area contributed by atoms with Gasteiger partial charge in [-0.1, -0.05) is 178 Å². The lowest BCUT2D eigenvalue weighted by Gasteiger charge is -2.23. The largest absolute Gasteiger partial charge is 0.455 e. The van der Waals surface area contributed by atoms with Crippen molar-refractivity contribution in [3.8, 4) is 44.5 Å². The molecular weight excluding hydrogens is 765 g/mol. The van der Waals surface area contributed by atoms with Crippen molar-refractivity contribution in [2.45, 2.75) is 19.3 Å². The second-order valence-electron chi connectivity index (χ2n) is 17.9. The van der Waals surface area contributed by atoms with Crippen molar-refractivity contribution < 1.29 is 8.83 Å². The molecule has 0 unspecified atom stereocenters. The van der Waals surface area contributed by atoms with Crippen LogP contribution in [-0.2, 0) is 5.41 Å². The van der Waals surface area contributed by atoms with E-state index >= 15 is 0 Å². The number of furan rings is 2. The van der Waals surface area contributed by atoms with Crippen molar-refractivity contribution in [3.05, 3.63) is 205 Å². The van der Waals surface area contributed by atoms with Gasteiger partial charge in [0.05, 0.1) is 5.56 Å². The maximum absolute atomic E-state index is 7.02. The van der Waals surface area contributed by atoms with E-state index < -0.39 is 0 Å². The van der Waals surface area contributed by atoms with E-state index in [0.717, 1.165) is 65.8 Å². The van der Waals surface area contributed by atoms with Crippen LogP contribution in [0.2, 0.25) is 0 Å². The van der Waals surface area contributed by atoms with Gasteiger partial charge in [-0.05, 0) is 118 Å². The summed E-state index contributed by atoms with van der Waals surface area (Å²) in [5.74, 6) is 0. The van der Waals surface area contributed by atoms with Crippen LogP contribution in [0.25, 0.3) is 131 Å². The number of hydrogen-bond acceptors (Lipinski definition) is 2. The van der Waals surface area contributed by atoms with Crippen LogP contribution in [0.5, 0.6) is 0 Å². The van der Waals surface area contributed by atoms with Crippen LogP contribution in [0.15, 0.2) is 203 Å². The molecule has 0 saturated carbocycles. The normalized spacial score (nSPS) is 13.4. The summed E-state index contributed by atoms with van der Waals surface area (Å²) in [5, 5.41) is 14.3. The summed E-state index contributed by atoms with van der Waals surface area (Å²) in [5.41, 5.74) is 15.6. The lowest BCUT2D eigenvalue weighted by atomic mass is 9.80. The minimum absolute atomic E-state index is 0.229. The quantitative estimate of drug-likeness (QED) is 0.166. The highest BCUT2D eigenvalue weighted by atomic mass is 16.3. The molecule has 1 aliphatic carbocycles. The van der Waals surface area contributed by atoms with Gasteiger partial charge in [0, 0.05) is 32.3 Å². The van der Waals surface area contributed by atoms with Crippen LogP contribution in [0.3, 0.4) is 0 Å². The molecule has 1 aliphatic rings. The van der Waals surface area contributed by atoms with Gasteiger partial charge >= 0.3 is 0 Å². The Labute approximate surface area is 363 Å². The molecule has 0 amide bonds. The van der Waals surface area contributed by atoms with Crippen LogP contribution in [-0.4, -0.2) is 0 Å². The van der Waals surface area contributed by atoms with Gasteiger partial charge in [0.15, 0.2) is 0 Å². The molecule has 63 heavy (non-hydrogen) atoms. The smallest absolute Gasteiger partial charge is 0.147 e. The van der Waals surface area contributed by atoms with E-state index in [2.05, 4.69) is 202 Å². The summed E-state index contributed by atoms with van der Waals surface area (Å²) in [6.45, 7) is 4.76. The van der Waals surface area contributed by atoms with Gasteiger partial charge in [0.2, 0.25) is 0 Å². The zero-order valence-electron chi connectivity index (χ0n) is 34.8. The zero-order chi connectivity index (χ0) is 41.6. The third-order valence-corrected chi connectivity index (χ3v) is 14.2. The Morgan fingerprint density at radius 2 is 0.873 bits per heavy atom. The molecule has 0 radical (unpaired) electrons. The molecular formula is C61H38O2. The Morgan fingerprint density at radius 1 is 0.302 bits per heavy atom. The summed E-state index contributed by atoms with van der Waals surface area (Å²) in [7, 11) is 0. The third-order valence-electron chi connectivity index (χ3n) is 14.2. The molecule has 0 N–H and O–H groups in total. The van der Waals surface area contributed by atoms with Crippen molar-refractivity contribution in [1.29, 1.82) is 0 Å². The van der Waals surface area contributed by atoms with Gasteiger partial charge in [-0.2, -0.15) is 0 Å². The van der Waals surface area contributed by atoms with E-state index in [-0.39, 0.29) is 5.41 Å². The number of fused-ring (bicyclic) bond motifs is 14. The van der Waals surface area contributed by atoms with Crippen molar-refractivity contribution in [3.63, 3.8) is 0 Å². The second-order valence-corrected chi connectivity index (χ2v) is 17.9. The molecule has 2 aromatic heterocycles. The van der Waals surface area contributed by atoms with E-state index in [1.165, 1.54) is 76.8 Å². The van der Waals surface area contributed by atoms with E-state index in [1.807, 2.05) is 6.07 Å². The molecule has 294 valence electrons. The van der Waals surface area contributed by atoms with E-state index in [4.69, 9.17) is 8.83 Å². The number of hydrogen-bond donors (Lipinski definition) is 0. The number of para-hydroxylation sites is 1. The van der Waals surface area contributed by atoms with Gasteiger partial charge < -0.3 is 8.83 Å². The van der Waals surface area contributed by atoms with Crippen molar-refractivity contribution >= 4 is 87.0 Å². The summed E-state index contributed by atoms with van der Waals surface area (Å²) in [6, 6.07) is 71.2. The number of rotatable bonds is 3. The Balaban J connectivity index is 0.991. The maximum Gasteiger partial charge on any atom is 0.147 e. The van der Waals surface area contributed by atoms with Gasteiger partial charge in [-0.25, -0.2) is 0 Å². The van der Waals surface area contributed by atoms with Crippen LogP contribution >= 0.6 is 0 Å². The van der Waals surface area contributed by atoms with Crippen LogP contribution in [0, 0.1) is 0 Å². The molecule has 0 aliphatic heterocycles. The van der Waals surface area contributed by atoms with Crippen LogP contribution < -0.4 is 0 Å². The highest BCUT2D eigenvalue weighted by Crippen LogP contribution is 2.54. The van der Waals surface area contributed by atoms with E-state index in [0.29, 0.717) is 0 Å². The highest BCUT2D eigenvalue weighted by Gasteiger charge is 2.37. The van der Waals surface area contributed by atoms with E-state index in [9.17, 15) is 0 Å². The summed E-state index contributed by atoms with van der Waals surface area (Å²) in [4.78, 5) is 0. The van der Waals surface area contributed by atoms with Crippen LogP contribution in [0.1, 0.15) is 25.0 Å². The minimum atomic E-state index is -0.229. The SMILES string of the molecule is CC1(C)c2ccc(-c3c4oc5ccccc5c4cc4c3oc3c5ccccc5ccc43)cc2-c2ccc(-c3c4ccccc4c(-c4cccc5ccccc45)c4ccccc34)cc21. The molecule has 2 heterocycles. The predicted octanol–water partition coefficient (Wildman–Crippen LogP) is 17.4. The van der Waals surface area contributed by atoms with Crippen LogP contribution in [0.4, 0.5) is 0 Å². The maximum atomic E-state index is 7.02. The fourth-order valence-corrected chi connectivity index (χ4v) is 11.3. The fraction of sp³-hybridized carbons (Fsp3) is 0.0492. The molecule has 0 fully saturated rings. The summed E-state index contributed by atoms with van der Waals surface area (Å²) >= 11 is 0. The topological polar surface area (TPSA) is 26.3 Å². The predicted molar refractivity (Wildman–Crippen MR) is 265 cm³/mol. The second kappa shape index (κ2) is 12.6. The molecule has 0 saturated heterocycles. The number of benzene rings is 11. The fourth-order valence-electron chi connectivity index (χ4n) is 11.3. The molecule has 11 aromatic carbocycles. The summed E-state index contributed by atoms with van der Waals surface area (Å²) < 4.78 is 13.8. The van der Waals surface area contributed by atoms with Gasteiger partial charge in [0.25, 0.3) is 0 Å². The van der Waals surface area contributed by atoms with Crippen molar-refractivity contribution in [2.24, 2.45) is 0 Å². The summed E-state index contributed by atoms with van der Waals surface area (Å²) in [6.07, 6.45) is 0. The Bertz CT molecular complexity index is 4060. The third kappa shape index (κ3) is 4.73. The monoisotopic (exact) mass is 802 g/mol. The van der Waals surface area contributed by atoms with Gasteiger partial charge in [-0.3, -0.25) is 0 Å². The standard InChI is InChI=1S/C61H38O2/c1-61(2)52-31-28-37(56-59-50(42-19-11-12-25-54(42)62-59)34-51-48-30-26-36-15-4-6-18-40(36)58(48)63-60(51)56)32-49(52)41-29-27-38(33-53(41)61)55-44-20-7-9-22-46(44)57(47-23-10-8-21-45(47)55)43-24-13-16-35-14-3-5-17-39(35)43/h3-34H,1-2H3. The molecule has 0 spiro atoms. The molecule has 13 aromatic rings. The first-order chi connectivity index (χ1) is 31.0. The molecule has 2 nitrogen and oxygen atoms in total. The minimum Gasteiger partial charge on any atom is -0.455 e. The molecule has 14 rings (SSSR count). The lowest BCUT2D eigenvalue weighted by Crippen LogP contribution is -2.15. The molecule has 0 atom stereocenters. The van der Waals surface area contributed by atoms with Crippen molar-refractivity contribution in [2.75, 3.05) is 0 Å². The van der Waals surface area contributed by atoms with E-state index in [1.54, 1.807) is 0 Å². The average Bonchev–Trinajstić information content (AvgIpc) is 3.97. The van der Waals surface area contributed by atoms with Gasteiger partial charge in [0.1, 0.15) is 22.3 Å². The average molecular weight is 803 g/mol. The first-order valence-electron chi connectivity index (χ1n) is 21.9. The Morgan fingerprint density at radius 3 is 1.63 bits per heavy atom. The highest BCUT2D eigenvalue weighted by molar-refractivity contribution is 6.26. The van der Waals surface area contributed by atoms with Gasteiger partial charge in [-0.15, -0.1) is 0 Å². The first kappa shape index (κ1) is 34.7. The Hall–Kier alpha value is -7.94. The Kier molecular flexibility index (Phi) is 6.93. The molecule has 2 heteroatoms. The zero-order valence-corrected chi connectivity index (χ0v) is 34.8. The molecule has 0 bridgehead atoms. The first-order valence-corrected chi connectivity index (χ1v) is 21.9.